The van der Waals surface area contributed by atoms with Crippen molar-refractivity contribution < 1.29 is 14.6 Å². The normalized spacial score (nSPS) is 19.0. The average Bonchev–Trinajstić information content (AvgIpc) is 2.81. The molecule has 1 aliphatic heterocycles. The van der Waals surface area contributed by atoms with Crippen molar-refractivity contribution in [3.63, 3.8) is 0 Å². The van der Waals surface area contributed by atoms with E-state index in [1.54, 1.807) is 24.2 Å². The molecule has 0 unspecified atom stereocenters. The van der Waals surface area contributed by atoms with E-state index in [1.807, 2.05) is 36.4 Å². The van der Waals surface area contributed by atoms with E-state index >= 15 is 0 Å². The molecule has 31 heavy (non-hydrogen) atoms. The van der Waals surface area contributed by atoms with Crippen molar-refractivity contribution in [2.45, 2.75) is 25.0 Å². The Labute approximate surface area is 178 Å². The Balaban J connectivity index is 1.67. The van der Waals surface area contributed by atoms with Gasteiger partial charge in [0.25, 0.3) is 5.56 Å². The Hall–Kier alpha value is -3.29. The van der Waals surface area contributed by atoms with Crippen LogP contribution in [0.2, 0.25) is 0 Å². The number of benzene rings is 2. The molecule has 3 heterocycles. The van der Waals surface area contributed by atoms with Crippen molar-refractivity contribution in [3.8, 4) is 5.88 Å². The summed E-state index contributed by atoms with van der Waals surface area (Å²) < 4.78 is 12.0. The van der Waals surface area contributed by atoms with Crippen molar-refractivity contribution in [1.29, 1.82) is 0 Å². The lowest BCUT2D eigenvalue weighted by Gasteiger charge is -2.29. The van der Waals surface area contributed by atoms with E-state index in [9.17, 15) is 9.90 Å². The quantitative estimate of drug-likeness (QED) is 0.514. The predicted octanol–water partition coefficient (Wildman–Crippen LogP) is 2.87. The third kappa shape index (κ3) is 3.56. The largest absolute Gasteiger partial charge is 0.481 e. The first kappa shape index (κ1) is 19.7. The fourth-order valence-corrected chi connectivity index (χ4v) is 4.32. The van der Waals surface area contributed by atoms with Gasteiger partial charge in [0, 0.05) is 24.3 Å². The molecule has 1 saturated heterocycles. The first-order chi connectivity index (χ1) is 15.2. The van der Waals surface area contributed by atoms with Crippen LogP contribution >= 0.6 is 0 Å². The van der Waals surface area contributed by atoms with Crippen LogP contribution in [-0.2, 0) is 11.2 Å². The van der Waals surface area contributed by atoms with E-state index in [4.69, 9.17) is 9.47 Å². The van der Waals surface area contributed by atoms with Crippen LogP contribution in [0.25, 0.3) is 21.7 Å². The van der Waals surface area contributed by atoms with Gasteiger partial charge in [0.2, 0.25) is 5.88 Å². The summed E-state index contributed by atoms with van der Waals surface area (Å²) in [6, 6.07) is 13.4. The van der Waals surface area contributed by atoms with Crippen LogP contribution < -0.4 is 10.3 Å². The van der Waals surface area contributed by atoms with Crippen molar-refractivity contribution in [1.82, 2.24) is 14.5 Å². The smallest absolute Gasteiger partial charge is 0.261 e. The SMILES string of the molecule is COc1ccc(Cc2cc3c(=O)n([C@H]4CCOC[C@@H]4O)cnc3c3ccccc23)cn1. The Morgan fingerprint density at radius 1 is 1.16 bits per heavy atom. The van der Waals surface area contributed by atoms with Gasteiger partial charge in [0.05, 0.1) is 43.1 Å². The number of hydrogen-bond acceptors (Lipinski definition) is 6. The van der Waals surface area contributed by atoms with Gasteiger partial charge in [-0.2, -0.15) is 0 Å². The number of rotatable bonds is 4. The van der Waals surface area contributed by atoms with Gasteiger partial charge in [0.1, 0.15) is 0 Å². The summed E-state index contributed by atoms with van der Waals surface area (Å²) in [4.78, 5) is 22.4. The van der Waals surface area contributed by atoms with Crippen LogP contribution in [0, 0.1) is 0 Å². The number of aromatic nitrogens is 3. The van der Waals surface area contributed by atoms with Crippen molar-refractivity contribution in [2.24, 2.45) is 0 Å². The molecule has 0 amide bonds. The standard InChI is InChI=1S/C24H23N3O4/c1-30-22-7-6-15(12-25-22)10-16-11-19-23(18-5-3-2-4-17(16)18)26-14-27(24(19)29)20-8-9-31-13-21(20)28/h2-7,11-12,14,20-21,28H,8-10,13H2,1H3/t20-,21-/m0/s1. The highest BCUT2D eigenvalue weighted by atomic mass is 16.5. The molecule has 1 aliphatic rings. The van der Waals surface area contributed by atoms with E-state index < -0.39 is 6.10 Å². The zero-order valence-electron chi connectivity index (χ0n) is 17.2. The molecular formula is C24H23N3O4. The molecule has 0 saturated carbocycles. The van der Waals surface area contributed by atoms with E-state index in [0.717, 1.165) is 21.9 Å². The van der Waals surface area contributed by atoms with Crippen molar-refractivity contribution >= 4 is 21.7 Å². The maximum Gasteiger partial charge on any atom is 0.261 e. The van der Waals surface area contributed by atoms with Gasteiger partial charge in [-0.05, 0) is 35.4 Å². The number of aliphatic hydroxyl groups excluding tert-OH is 1. The van der Waals surface area contributed by atoms with E-state index in [1.165, 1.54) is 0 Å². The maximum absolute atomic E-state index is 13.4. The van der Waals surface area contributed by atoms with E-state index in [2.05, 4.69) is 16.0 Å². The average molecular weight is 417 g/mol. The summed E-state index contributed by atoms with van der Waals surface area (Å²) in [6.07, 6.45) is 3.82. The second kappa shape index (κ2) is 8.09. The van der Waals surface area contributed by atoms with Crippen LogP contribution in [0.4, 0.5) is 0 Å². The van der Waals surface area contributed by atoms with Crippen LogP contribution in [-0.4, -0.2) is 46.1 Å². The zero-order chi connectivity index (χ0) is 21.4. The summed E-state index contributed by atoms with van der Waals surface area (Å²) >= 11 is 0. The Morgan fingerprint density at radius 3 is 2.74 bits per heavy atom. The van der Waals surface area contributed by atoms with Gasteiger partial charge in [-0.3, -0.25) is 9.36 Å². The minimum Gasteiger partial charge on any atom is -0.481 e. The molecular weight excluding hydrogens is 394 g/mol. The van der Waals surface area contributed by atoms with Gasteiger partial charge < -0.3 is 14.6 Å². The fraction of sp³-hybridized carbons (Fsp3) is 0.292. The molecule has 2 atom stereocenters. The van der Waals surface area contributed by atoms with Crippen LogP contribution in [0.1, 0.15) is 23.6 Å². The second-order valence-corrected chi connectivity index (χ2v) is 7.82. The highest BCUT2D eigenvalue weighted by molar-refractivity contribution is 6.06. The second-order valence-electron chi connectivity index (χ2n) is 7.82. The predicted molar refractivity (Wildman–Crippen MR) is 118 cm³/mol. The molecule has 0 spiro atoms. The van der Waals surface area contributed by atoms with E-state index in [0.29, 0.717) is 36.2 Å². The van der Waals surface area contributed by atoms with Crippen LogP contribution in [0.15, 0.2) is 59.8 Å². The molecule has 4 aromatic rings. The minimum absolute atomic E-state index is 0.143. The summed E-state index contributed by atoms with van der Waals surface area (Å²) in [5.41, 5.74) is 2.58. The summed E-state index contributed by atoms with van der Waals surface area (Å²) in [5.74, 6) is 0.564. The summed E-state index contributed by atoms with van der Waals surface area (Å²) in [7, 11) is 1.59. The minimum atomic E-state index is -0.726. The number of nitrogens with zero attached hydrogens (tertiary/aromatic N) is 3. The third-order valence-corrected chi connectivity index (χ3v) is 5.93. The molecule has 0 aliphatic carbocycles. The highest BCUT2D eigenvalue weighted by Gasteiger charge is 2.27. The number of ether oxygens (including phenoxy) is 2. The molecule has 5 rings (SSSR count). The van der Waals surface area contributed by atoms with Crippen molar-refractivity contribution in [2.75, 3.05) is 20.3 Å². The van der Waals surface area contributed by atoms with Gasteiger partial charge in [0.15, 0.2) is 0 Å². The highest BCUT2D eigenvalue weighted by Crippen LogP contribution is 2.28. The topological polar surface area (TPSA) is 86.5 Å². The molecule has 1 N–H and O–H groups in total. The number of methoxy groups -OCH3 is 1. The number of fused-ring (bicyclic) bond motifs is 3. The lowest BCUT2D eigenvalue weighted by molar-refractivity contribution is -0.0395. The Kier molecular flexibility index (Phi) is 5.13. The van der Waals surface area contributed by atoms with Crippen LogP contribution in [0.5, 0.6) is 5.88 Å². The molecule has 7 heteroatoms. The van der Waals surface area contributed by atoms with Crippen molar-refractivity contribution in [3.05, 3.63) is 76.5 Å². The van der Waals surface area contributed by atoms with Gasteiger partial charge in [-0.25, -0.2) is 9.97 Å². The first-order valence-corrected chi connectivity index (χ1v) is 10.3. The van der Waals surface area contributed by atoms with E-state index in [-0.39, 0.29) is 18.2 Å². The van der Waals surface area contributed by atoms with Gasteiger partial charge >= 0.3 is 0 Å². The summed E-state index contributed by atoms with van der Waals surface area (Å²) in [5, 5.41) is 12.9. The zero-order valence-corrected chi connectivity index (χ0v) is 17.2. The third-order valence-electron chi connectivity index (χ3n) is 5.93. The molecule has 2 aromatic carbocycles. The maximum atomic E-state index is 13.4. The molecule has 2 aromatic heterocycles. The summed E-state index contributed by atoms with van der Waals surface area (Å²) in [6.45, 7) is 0.738. The molecule has 158 valence electrons. The fourth-order valence-electron chi connectivity index (χ4n) is 4.32. The van der Waals surface area contributed by atoms with Crippen LogP contribution in [0.3, 0.4) is 0 Å². The molecule has 7 nitrogen and oxygen atoms in total. The van der Waals surface area contributed by atoms with Gasteiger partial charge in [-0.15, -0.1) is 0 Å². The molecule has 0 bridgehead atoms. The Morgan fingerprint density at radius 2 is 2.00 bits per heavy atom. The Bertz CT molecular complexity index is 1300. The number of pyridine rings is 1. The molecule has 1 fully saturated rings. The lowest BCUT2D eigenvalue weighted by atomic mass is 9.96. The monoisotopic (exact) mass is 417 g/mol. The number of aliphatic hydroxyl groups is 1. The molecule has 0 radical (unpaired) electrons. The first-order valence-electron chi connectivity index (χ1n) is 10.3. The lowest BCUT2D eigenvalue weighted by Crippen LogP contribution is -2.39. The van der Waals surface area contributed by atoms with Gasteiger partial charge in [-0.1, -0.05) is 30.3 Å². The number of hydrogen-bond donors (Lipinski definition) is 1.